The van der Waals surface area contributed by atoms with Crippen LogP contribution in [0.5, 0.6) is 0 Å². The molecular weight excluding hydrogens is 478 g/mol. The number of rotatable bonds is 4. The first kappa shape index (κ1) is 24.0. The molecule has 2 unspecified atom stereocenters. The van der Waals surface area contributed by atoms with Crippen LogP contribution in [0.25, 0.3) is 16.6 Å². The third-order valence-electron chi connectivity index (χ3n) is 5.88. The Morgan fingerprint density at radius 3 is 2.47 bits per heavy atom. The van der Waals surface area contributed by atoms with Gasteiger partial charge in [-0.15, -0.1) is 5.10 Å². The molecule has 1 aliphatic rings. The molecule has 190 valence electrons. The van der Waals surface area contributed by atoms with E-state index in [4.69, 9.17) is 0 Å². The zero-order valence-electron chi connectivity index (χ0n) is 19.6. The number of nitrogens with zero attached hydrogens (tertiary/aromatic N) is 6. The number of carbonyl (C=O) groups is 1. The van der Waals surface area contributed by atoms with Gasteiger partial charge in [0.05, 0.1) is 22.8 Å². The number of anilines is 3. The van der Waals surface area contributed by atoms with Gasteiger partial charge >= 0.3 is 11.9 Å². The summed E-state index contributed by atoms with van der Waals surface area (Å²) < 4.78 is 31.8. The molecule has 0 radical (unpaired) electrons. The van der Waals surface area contributed by atoms with Gasteiger partial charge in [-0.2, -0.15) is 9.78 Å². The molecule has 5 N–H and O–H groups in total. The van der Waals surface area contributed by atoms with Gasteiger partial charge in [-0.05, 0) is 32.9 Å². The van der Waals surface area contributed by atoms with Gasteiger partial charge in [0.25, 0.3) is 0 Å². The number of pyridine rings is 1. The van der Waals surface area contributed by atoms with E-state index in [2.05, 4.69) is 25.8 Å². The van der Waals surface area contributed by atoms with E-state index in [1.165, 1.54) is 22.8 Å². The number of fused-ring (bicyclic) bond motifs is 2. The fourth-order valence-electron chi connectivity index (χ4n) is 4.55. The fourth-order valence-corrected chi connectivity index (χ4v) is 4.55. The Morgan fingerprint density at radius 1 is 1.11 bits per heavy atom. The highest BCUT2D eigenvalue weighted by Crippen LogP contribution is 2.33. The lowest BCUT2D eigenvalue weighted by Gasteiger charge is -2.37. The van der Waals surface area contributed by atoms with E-state index in [0.717, 1.165) is 6.07 Å². The lowest BCUT2D eigenvalue weighted by Crippen LogP contribution is -2.54. The van der Waals surface area contributed by atoms with Crippen molar-refractivity contribution in [3.63, 3.8) is 0 Å². The summed E-state index contributed by atoms with van der Waals surface area (Å²) in [6.45, 7) is 6.68. The number of aryl methyl sites for hydroxylation is 1. The van der Waals surface area contributed by atoms with Crippen LogP contribution >= 0.6 is 0 Å². The zero-order valence-corrected chi connectivity index (χ0v) is 19.6. The maximum atomic E-state index is 15.5. The Kier molecular flexibility index (Phi) is 5.63. The number of benzene rings is 1. The second-order valence-electron chi connectivity index (χ2n) is 9.03. The van der Waals surface area contributed by atoms with Gasteiger partial charge in [0.1, 0.15) is 11.6 Å². The summed E-state index contributed by atoms with van der Waals surface area (Å²) in [7, 11) is 0. The smallest absolute Gasteiger partial charge is 0.362 e. The summed E-state index contributed by atoms with van der Waals surface area (Å²) in [5, 5.41) is 42.5. The standard InChI is InChI=1S/C22H24F2N8O4/c1-10-7-30(8-11(2)25-10)14-5-15(23)18-17(6-14)32(21(33)22(34,35)36)29-19(18)27-13-4-16(24)20-26-12(3)28-31(20)9-13/h4-6,9-11,25,34-36H,7-8H2,1-3H3,(H,27,29). The van der Waals surface area contributed by atoms with Gasteiger partial charge in [0.2, 0.25) is 0 Å². The van der Waals surface area contributed by atoms with Crippen LogP contribution in [0.3, 0.4) is 0 Å². The number of piperazine rings is 1. The Bertz CT molecular complexity index is 1490. The minimum absolute atomic E-state index is 0.00968. The van der Waals surface area contributed by atoms with Crippen LogP contribution in [0.4, 0.5) is 26.0 Å². The number of aliphatic hydroxyl groups is 3. The molecule has 0 spiro atoms. The predicted octanol–water partition coefficient (Wildman–Crippen LogP) is 0.867. The molecule has 0 amide bonds. The molecule has 5 rings (SSSR count). The van der Waals surface area contributed by atoms with Gasteiger partial charge in [0, 0.05) is 36.9 Å². The Morgan fingerprint density at radius 2 is 1.81 bits per heavy atom. The third-order valence-corrected chi connectivity index (χ3v) is 5.88. The zero-order chi connectivity index (χ0) is 25.9. The van der Waals surface area contributed by atoms with E-state index < -0.39 is 23.5 Å². The molecular formula is C22H24F2N8O4. The van der Waals surface area contributed by atoms with Crippen LogP contribution in [0.15, 0.2) is 24.4 Å². The second kappa shape index (κ2) is 8.44. The normalized spacial score (nSPS) is 18.8. The van der Waals surface area contributed by atoms with Crippen molar-refractivity contribution in [1.82, 2.24) is 29.7 Å². The van der Waals surface area contributed by atoms with Gasteiger partial charge in [-0.3, -0.25) is 4.79 Å². The van der Waals surface area contributed by atoms with Crippen molar-refractivity contribution < 1.29 is 28.9 Å². The first-order chi connectivity index (χ1) is 16.9. The number of hydrogen-bond acceptors (Lipinski definition) is 10. The van der Waals surface area contributed by atoms with Crippen LogP contribution < -0.4 is 15.5 Å². The summed E-state index contributed by atoms with van der Waals surface area (Å²) in [4.78, 5) is 18.5. The molecule has 0 saturated carbocycles. The summed E-state index contributed by atoms with van der Waals surface area (Å²) in [5.41, 5.74) is 0.409. The summed E-state index contributed by atoms with van der Waals surface area (Å²) >= 11 is 0. The molecule has 4 aromatic rings. The molecule has 14 heteroatoms. The van der Waals surface area contributed by atoms with Crippen LogP contribution in [0.1, 0.15) is 24.5 Å². The molecule has 1 fully saturated rings. The second-order valence-corrected chi connectivity index (χ2v) is 9.03. The van der Waals surface area contributed by atoms with Crippen molar-refractivity contribution in [2.45, 2.75) is 38.8 Å². The number of halogens is 2. The van der Waals surface area contributed by atoms with Crippen molar-refractivity contribution in [1.29, 1.82) is 0 Å². The van der Waals surface area contributed by atoms with E-state index in [9.17, 15) is 24.5 Å². The van der Waals surface area contributed by atoms with Gasteiger partial charge in [-0.25, -0.2) is 18.3 Å². The first-order valence-corrected chi connectivity index (χ1v) is 11.2. The van der Waals surface area contributed by atoms with Gasteiger partial charge in [0.15, 0.2) is 17.3 Å². The number of nitrogens with one attached hydrogen (secondary N) is 2. The largest absolute Gasteiger partial charge is 0.368 e. The number of aromatic nitrogens is 5. The van der Waals surface area contributed by atoms with Crippen molar-refractivity contribution >= 4 is 39.6 Å². The predicted molar refractivity (Wildman–Crippen MR) is 125 cm³/mol. The Balaban J connectivity index is 1.64. The highest BCUT2D eigenvalue weighted by molar-refractivity contribution is 6.01. The number of carbonyl (C=O) groups excluding carboxylic acids is 1. The lowest BCUT2D eigenvalue weighted by molar-refractivity contribution is -0.271. The minimum Gasteiger partial charge on any atom is -0.368 e. The maximum absolute atomic E-state index is 15.5. The number of hydrogen-bond donors (Lipinski definition) is 5. The average Bonchev–Trinajstić information content (AvgIpc) is 3.32. The lowest BCUT2D eigenvalue weighted by atomic mass is 10.1. The van der Waals surface area contributed by atoms with E-state index in [-0.39, 0.29) is 40.1 Å². The minimum atomic E-state index is -3.76. The molecule has 4 heterocycles. The monoisotopic (exact) mass is 502 g/mol. The third kappa shape index (κ3) is 4.24. The van der Waals surface area contributed by atoms with Gasteiger partial charge < -0.3 is 30.9 Å². The van der Waals surface area contributed by atoms with Crippen LogP contribution in [0, 0.1) is 18.6 Å². The van der Waals surface area contributed by atoms with E-state index >= 15 is 4.39 Å². The molecule has 2 atom stereocenters. The molecule has 3 aromatic heterocycles. The molecule has 1 aliphatic heterocycles. The fraction of sp³-hybridized carbons (Fsp3) is 0.364. The van der Waals surface area contributed by atoms with Crippen LogP contribution in [-0.4, -0.2) is 76.8 Å². The highest BCUT2D eigenvalue weighted by Gasteiger charge is 2.35. The first-order valence-electron chi connectivity index (χ1n) is 11.2. The van der Waals surface area contributed by atoms with E-state index in [1.54, 1.807) is 6.92 Å². The molecule has 12 nitrogen and oxygen atoms in total. The van der Waals surface area contributed by atoms with Crippen molar-refractivity contribution in [2.24, 2.45) is 0 Å². The quantitative estimate of drug-likeness (QED) is 0.254. The highest BCUT2D eigenvalue weighted by atomic mass is 19.1. The SMILES string of the molecule is Cc1nc2c(F)cc(Nc3nn(C(=O)C(O)(O)O)c4cc(N5CC(C)NC(C)C5)cc(F)c34)cn2n1. The summed E-state index contributed by atoms with van der Waals surface area (Å²) in [6.07, 6.45) is 1.40. The maximum Gasteiger partial charge on any atom is 0.362 e. The average molecular weight is 502 g/mol. The topological polar surface area (TPSA) is 153 Å². The molecule has 36 heavy (non-hydrogen) atoms. The molecule has 1 saturated heterocycles. The Hall–Kier alpha value is -3.72. The molecule has 1 aromatic carbocycles. The molecule has 0 bridgehead atoms. The molecule has 0 aliphatic carbocycles. The van der Waals surface area contributed by atoms with E-state index in [0.29, 0.717) is 29.3 Å². The van der Waals surface area contributed by atoms with Crippen molar-refractivity contribution in [3.8, 4) is 0 Å². The summed E-state index contributed by atoms with van der Waals surface area (Å²) in [5.74, 6) is -6.72. The van der Waals surface area contributed by atoms with Crippen LogP contribution in [-0.2, 0) is 0 Å². The Labute approximate surface area is 202 Å². The summed E-state index contributed by atoms with van der Waals surface area (Å²) in [6, 6.07) is 4.07. The van der Waals surface area contributed by atoms with Crippen molar-refractivity contribution in [3.05, 3.63) is 41.9 Å². The van der Waals surface area contributed by atoms with Gasteiger partial charge in [-0.1, -0.05) is 0 Å². The van der Waals surface area contributed by atoms with E-state index in [1.807, 2.05) is 18.7 Å². The van der Waals surface area contributed by atoms with Crippen molar-refractivity contribution in [2.75, 3.05) is 23.3 Å². The van der Waals surface area contributed by atoms with Crippen LogP contribution in [0.2, 0.25) is 0 Å².